The van der Waals surface area contributed by atoms with E-state index >= 15 is 0 Å². The van der Waals surface area contributed by atoms with Crippen molar-refractivity contribution in [2.24, 2.45) is 5.14 Å². The second-order valence-electron chi connectivity index (χ2n) is 3.77. The van der Waals surface area contributed by atoms with Crippen LogP contribution in [0.1, 0.15) is 0 Å². The van der Waals surface area contributed by atoms with Gasteiger partial charge in [0, 0.05) is 10.6 Å². The Morgan fingerprint density at radius 1 is 1.26 bits per heavy atom. The monoisotopic (exact) mass is 314 g/mol. The molecular weight excluding hydrogens is 308 g/mol. The van der Waals surface area contributed by atoms with Crippen LogP contribution in [0.25, 0.3) is 16.2 Å². The third kappa shape index (κ3) is 2.35. The van der Waals surface area contributed by atoms with Crippen LogP contribution in [0, 0.1) is 0 Å². The lowest BCUT2D eigenvalue weighted by atomic mass is 10.2. The minimum Gasteiger partial charge on any atom is -0.223 e. The minimum atomic E-state index is -3.79. The molecule has 98 valence electrons. The number of aromatic nitrogens is 3. The Hall–Kier alpha value is -1.48. The molecule has 0 radical (unpaired) electrons. The van der Waals surface area contributed by atoms with Gasteiger partial charge >= 0.3 is 0 Å². The summed E-state index contributed by atoms with van der Waals surface area (Å²) in [6.07, 6.45) is 1.64. The van der Waals surface area contributed by atoms with Gasteiger partial charge in [0.2, 0.25) is 9.30 Å². The van der Waals surface area contributed by atoms with Crippen molar-refractivity contribution in [3.63, 3.8) is 0 Å². The van der Waals surface area contributed by atoms with Gasteiger partial charge in [-0.2, -0.15) is 0 Å². The first-order valence-corrected chi connectivity index (χ1v) is 7.82. The van der Waals surface area contributed by atoms with Gasteiger partial charge in [-0.25, -0.2) is 23.1 Å². The molecule has 0 aliphatic carbocycles. The van der Waals surface area contributed by atoms with Crippen molar-refractivity contribution in [1.82, 2.24) is 14.6 Å². The van der Waals surface area contributed by atoms with Crippen LogP contribution in [-0.4, -0.2) is 23.0 Å². The molecule has 0 unspecified atom stereocenters. The largest absolute Gasteiger partial charge is 0.267 e. The molecule has 3 rings (SSSR count). The van der Waals surface area contributed by atoms with Crippen molar-refractivity contribution in [1.29, 1.82) is 0 Å². The van der Waals surface area contributed by atoms with E-state index in [1.165, 1.54) is 4.52 Å². The van der Waals surface area contributed by atoms with Crippen molar-refractivity contribution in [2.75, 3.05) is 0 Å². The van der Waals surface area contributed by atoms with Crippen LogP contribution in [-0.2, 0) is 10.0 Å². The molecule has 0 saturated heterocycles. The van der Waals surface area contributed by atoms with Crippen LogP contribution in [0.4, 0.5) is 0 Å². The molecule has 0 aliphatic heterocycles. The number of benzene rings is 1. The first-order chi connectivity index (χ1) is 8.93. The van der Waals surface area contributed by atoms with E-state index in [2.05, 4.69) is 10.1 Å². The second-order valence-corrected chi connectivity index (χ2v) is 6.90. The molecule has 2 heterocycles. The SMILES string of the molecule is NS(=O)(=O)c1nn2cc(-c3ccc(Cl)cc3)nc2s1. The zero-order valence-electron chi connectivity index (χ0n) is 9.32. The number of sulfonamides is 1. The van der Waals surface area contributed by atoms with E-state index in [9.17, 15) is 8.42 Å². The number of nitrogens with zero attached hydrogens (tertiary/aromatic N) is 3. The summed E-state index contributed by atoms with van der Waals surface area (Å²) in [5.74, 6) is 0. The third-order valence-electron chi connectivity index (χ3n) is 2.41. The van der Waals surface area contributed by atoms with Gasteiger partial charge in [0.1, 0.15) is 0 Å². The van der Waals surface area contributed by atoms with Gasteiger partial charge in [0.05, 0.1) is 11.9 Å². The van der Waals surface area contributed by atoms with Gasteiger partial charge < -0.3 is 0 Å². The van der Waals surface area contributed by atoms with E-state index in [1.54, 1.807) is 18.3 Å². The molecule has 0 amide bonds. The molecule has 0 spiro atoms. The first-order valence-electron chi connectivity index (χ1n) is 5.08. The van der Waals surface area contributed by atoms with Crippen molar-refractivity contribution in [2.45, 2.75) is 4.34 Å². The summed E-state index contributed by atoms with van der Waals surface area (Å²) < 4.78 is 23.6. The van der Waals surface area contributed by atoms with Crippen molar-refractivity contribution >= 4 is 37.9 Å². The minimum absolute atomic E-state index is 0.155. The summed E-state index contributed by atoms with van der Waals surface area (Å²) in [7, 11) is -3.79. The third-order valence-corrected chi connectivity index (χ3v) is 4.89. The number of hydrogen-bond acceptors (Lipinski definition) is 5. The molecule has 2 aromatic heterocycles. The van der Waals surface area contributed by atoms with E-state index < -0.39 is 10.0 Å². The lowest BCUT2D eigenvalue weighted by molar-refractivity contribution is 0.595. The molecule has 2 N–H and O–H groups in total. The summed E-state index contributed by atoms with van der Waals surface area (Å²) in [5, 5.41) is 9.53. The lowest BCUT2D eigenvalue weighted by Crippen LogP contribution is -2.12. The van der Waals surface area contributed by atoms with Crippen molar-refractivity contribution in [3.05, 3.63) is 35.5 Å². The highest BCUT2D eigenvalue weighted by Gasteiger charge is 2.17. The van der Waals surface area contributed by atoms with Crippen LogP contribution in [0.2, 0.25) is 5.02 Å². The lowest BCUT2D eigenvalue weighted by Gasteiger charge is -1.95. The number of halogens is 1. The van der Waals surface area contributed by atoms with Gasteiger partial charge in [-0.1, -0.05) is 35.1 Å². The van der Waals surface area contributed by atoms with Gasteiger partial charge in [-0.15, -0.1) is 5.10 Å². The summed E-state index contributed by atoms with van der Waals surface area (Å²) in [6.45, 7) is 0. The van der Waals surface area contributed by atoms with E-state index in [0.29, 0.717) is 15.7 Å². The normalized spacial score (nSPS) is 12.1. The average Bonchev–Trinajstić information content (AvgIpc) is 2.86. The summed E-state index contributed by atoms with van der Waals surface area (Å²) in [5.41, 5.74) is 1.57. The molecule has 0 fully saturated rings. The number of primary sulfonamides is 1. The van der Waals surface area contributed by atoms with Gasteiger partial charge in [0.15, 0.2) is 0 Å². The van der Waals surface area contributed by atoms with Gasteiger partial charge in [0.25, 0.3) is 10.0 Å². The fraction of sp³-hybridized carbons (Fsp3) is 0. The Labute approximate surface area is 117 Å². The van der Waals surface area contributed by atoms with E-state index in [1.807, 2.05) is 12.1 Å². The predicted octanol–water partition coefficient (Wildman–Crippen LogP) is 1.76. The smallest absolute Gasteiger partial charge is 0.223 e. The van der Waals surface area contributed by atoms with Gasteiger partial charge in [-0.05, 0) is 12.1 Å². The molecule has 0 aliphatic rings. The Balaban J connectivity index is 2.08. The Morgan fingerprint density at radius 3 is 2.53 bits per heavy atom. The number of rotatable bonds is 2. The zero-order chi connectivity index (χ0) is 13.6. The van der Waals surface area contributed by atoms with Crippen LogP contribution in [0.5, 0.6) is 0 Å². The molecule has 1 aromatic carbocycles. The van der Waals surface area contributed by atoms with Crippen LogP contribution in [0.3, 0.4) is 0 Å². The standard InChI is InChI=1S/C10H7ClN4O2S2/c11-7-3-1-6(2-4-7)8-5-15-9(13-8)18-10(14-15)19(12,16)17/h1-5H,(H2,12,16,17). The highest BCUT2D eigenvalue weighted by Crippen LogP contribution is 2.24. The highest BCUT2D eigenvalue weighted by atomic mass is 35.5. The molecule has 19 heavy (non-hydrogen) atoms. The molecule has 3 aromatic rings. The molecule has 9 heteroatoms. The zero-order valence-corrected chi connectivity index (χ0v) is 11.7. The maximum Gasteiger partial charge on any atom is 0.267 e. The van der Waals surface area contributed by atoms with E-state index in [-0.39, 0.29) is 4.34 Å². The quantitative estimate of drug-likeness (QED) is 0.780. The van der Waals surface area contributed by atoms with Crippen LogP contribution < -0.4 is 5.14 Å². The summed E-state index contributed by atoms with van der Waals surface area (Å²) in [4.78, 5) is 4.77. The average molecular weight is 315 g/mol. The summed E-state index contributed by atoms with van der Waals surface area (Å²) >= 11 is 6.74. The van der Waals surface area contributed by atoms with Gasteiger partial charge in [-0.3, -0.25) is 0 Å². The fourth-order valence-electron chi connectivity index (χ4n) is 1.56. The topological polar surface area (TPSA) is 90.4 Å². The number of hydrogen-bond donors (Lipinski definition) is 1. The Bertz CT molecular complexity index is 820. The molecule has 0 saturated carbocycles. The first kappa shape index (κ1) is 12.5. The fourth-order valence-corrected chi connectivity index (χ4v) is 3.19. The Kier molecular flexibility index (Phi) is 2.82. The van der Waals surface area contributed by atoms with E-state index in [4.69, 9.17) is 16.7 Å². The number of nitrogens with two attached hydrogens (primary N) is 1. The highest BCUT2D eigenvalue weighted by molar-refractivity contribution is 7.91. The maximum atomic E-state index is 11.2. The van der Waals surface area contributed by atoms with Crippen LogP contribution >= 0.6 is 22.9 Å². The van der Waals surface area contributed by atoms with Crippen LogP contribution in [0.15, 0.2) is 34.8 Å². The number of fused-ring (bicyclic) bond motifs is 1. The maximum absolute atomic E-state index is 11.2. The second kappa shape index (κ2) is 4.27. The molecule has 0 bridgehead atoms. The van der Waals surface area contributed by atoms with E-state index in [0.717, 1.165) is 16.9 Å². The summed E-state index contributed by atoms with van der Waals surface area (Å²) in [6, 6.07) is 7.17. The number of imidazole rings is 1. The van der Waals surface area contributed by atoms with Crippen molar-refractivity contribution in [3.8, 4) is 11.3 Å². The van der Waals surface area contributed by atoms with Crippen molar-refractivity contribution < 1.29 is 8.42 Å². The molecular formula is C10H7ClN4O2S2. The Morgan fingerprint density at radius 2 is 1.95 bits per heavy atom. The molecule has 6 nitrogen and oxygen atoms in total. The molecule has 0 atom stereocenters. The predicted molar refractivity (Wildman–Crippen MR) is 72.7 cm³/mol.